The molecule has 0 bridgehead atoms. The number of hydrogen-bond donors (Lipinski definition) is 0. The molecule has 30 heavy (non-hydrogen) atoms. The van der Waals surface area contributed by atoms with E-state index in [9.17, 15) is 0 Å². The van der Waals surface area contributed by atoms with Crippen molar-refractivity contribution in [2.45, 2.75) is 44.3 Å². The lowest BCUT2D eigenvalue weighted by molar-refractivity contribution is 0.206. The van der Waals surface area contributed by atoms with Gasteiger partial charge in [0.2, 0.25) is 0 Å². The van der Waals surface area contributed by atoms with Crippen LogP contribution in [0, 0.1) is 0 Å². The summed E-state index contributed by atoms with van der Waals surface area (Å²) in [4.78, 5) is 16.9. The molecule has 3 aromatic rings. The number of likely N-dealkylation sites (N-methyl/N-ethyl adjacent to an activating group) is 1. The minimum absolute atomic E-state index is 0.374. The smallest absolute Gasteiger partial charge is 0.138 e. The first-order valence-corrected chi connectivity index (χ1v) is 11.1. The van der Waals surface area contributed by atoms with Crippen LogP contribution in [0.15, 0.2) is 42.7 Å². The van der Waals surface area contributed by atoms with Gasteiger partial charge in [0.1, 0.15) is 11.5 Å². The van der Waals surface area contributed by atoms with Gasteiger partial charge in [-0.1, -0.05) is 12.1 Å². The lowest BCUT2D eigenvalue weighted by Crippen LogP contribution is -2.32. The molecule has 0 spiro atoms. The van der Waals surface area contributed by atoms with Gasteiger partial charge in [-0.2, -0.15) is 0 Å². The van der Waals surface area contributed by atoms with Crippen molar-refractivity contribution in [3.8, 4) is 0 Å². The van der Waals surface area contributed by atoms with Crippen molar-refractivity contribution in [2.75, 3.05) is 39.1 Å². The van der Waals surface area contributed by atoms with Gasteiger partial charge in [-0.05, 0) is 70.6 Å². The predicted molar refractivity (Wildman–Crippen MR) is 121 cm³/mol. The van der Waals surface area contributed by atoms with Crippen LogP contribution in [0.5, 0.6) is 0 Å². The fraction of sp³-hybridized carbons (Fsp3) is 0.500. The Morgan fingerprint density at radius 1 is 1.10 bits per heavy atom. The third-order valence-electron chi connectivity index (χ3n) is 6.85. The standard InChI is InChI=1S/C24H32N6/c1-27(2)20-12-14-29(17-20)23-11-5-10-22-26-19(16-30(22)23)15-28(3)21-9-4-7-18-8-6-13-25-24(18)21/h5-6,8,10-11,13,16,20-21H,4,7,9,12,14-15,17H2,1-3H3/t20-,21?/m0/s1. The van der Waals surface area contributed by atoms with Gasteiger partial charge in [0.05, 0.1) is 17.4 Å². The van der Waals surface area contributed by atoms with E-state index < -0.39 is 0 Å². The largest absolute Gasteiger partial charge is 0.356 e. The SMILES string of the molecule is CN(Cc1cn2c(N3CC[C@H](N(C)C)C3)cccc2n1)C1CCCc2cccnc21. The number of aryl methyl sites for hydroxylation is 1. The Morgan fingerprint density at radius 2 is 2.00 bits per heavy atom. The summed E-state index contributed by atoms with van der Waals surface area (Å²) in [6.07, 6.45) is 8.91. The van der Waals surface area contributed by atoms with Gasteiger partial charge >= 0.3 is 0 Å². The van der Waals surface area contributed by atoms with Gasteiger partial charge in [-0.25, -0.2) is 4.98 Å². The second-order valence-electron chi connectivity index (χ2n) is 9.07. The lowest BCUT2D eigenvalue weighted by Gasteiger charge is -2.31. The Kier molecular flexibility index (Phi) is 5.21. The van der Waals surface area contributed by atoms with Crippen LogP contribution in [0.25, 0.3) is 5.65 Å². The molecule has 2 aliphatic rings. The highest BCUT2D eigenvalue weighted by Gasteiger charge is 2.27. The second-order valence-corrected chi connectivity index (χ2v) is 9.07. The highest BCUT2D eigenvalue weighted by Crippen LogP contribution is 2.33. The molecule has 2 atom stereocenters. The zero-order chi connectivity index (χ0) is 20.7. The summed E-state index contributed by atoms with van der Waals surface area (Å²) in [5.74, 6) is 1.25. The highest BCUT2D eigenvalue weighted by molar-refractivity contribution is 5.53. The molecular weight excluding hydrogens is 372 g/mol. The first-order chi connectivity index (χ1) is 14.6. The van der Waals surface area contributed by atoms with Gasteiger partial charge in [0, 0.05) is 38.1 Å². The molecule has 0 aromatic carbocycles. The molecule has 158 valence electrons. The number of imidazole rings is 1. The van der Waals surface area contributed by atoms with E-state index in [0.29, 0.717) is 12.1 Å². The van der Waals surface area contributed by atoms with Gasteiger partial charge in [-0.3, -0.25) is 14.3 Å². The summed E-state index contributed by atoms with van der Waals surface area (Å²) in [6.45, 7) is 3.01. The maximum Gasteiger partial charge on any atom is 0.138 e. The molecule has 5 rings (SSSR count). The van der Waals surface area contributed by atoms with E-state index in [4.69, 9.17) is 9.97 Å². The summed E-state index contributed by atoms with van der Waals surface area (Å²) in [6, 6.07) is 11.8. The van der Waals surface area contributed by atoms with E-state index in [1.54, 1.807) is 0 Å². The Bertz CT molecular complexity index is 1030. The van der Waals surface area contributed by atoms with E-state index in [1.807, 2.05) is 6.20 Å². The monoisotopic (exact) mass is 404 g/mol. The highest BCUT2D eigenvalue weighted by atomic mass is 15.3. The van der Waals surface area contributed by atoms with Crippen molar-refractivity contribution in [1.29, 1.82) is 0 Å². The number of hydrogen-bond acceptors (Lipinski definition) is 5. The molecule has 3 aromatic heterocycles. The molecule has 1 aliphatic heterocycles. The molecule has 1 unspecified atom stereocenters. The average molecular weight is 405 g/mol. The van der Waals surface area contributed by atoms with Crippen LogP contribution in [0.3, 0.4) is 0 Å². The van der Waals surface area contributed by atoms with Crippen LogP contribution in [-0.4, -0.2) is 64.4 Å². The number of fused-ring (bicyclic) bond motifs is 2. The first-order valence-electron chi connectivity index (χ1n) is 11.1. The molecule has 1 aliphatic carbocycles. The quantitative estimate of drug-likeness (QED) is 0.652. The molecule has 6 heteroatoms. The second kappa shape index (κ2) is 8.00. The third-order valence-corrected chi connectivity index (χ3v) is 6.85. The van der Waals surface area contributed by atoms with E-state index in [1.165, 1.54) is 36.3 Å². The maximum absolute atomic E-state index is 4.95. The number of rotatable bonds is 5. The van der Waals surface area contributed by atoms with Crippen LogP contribution >= 0.6 is 0 Å². The number of nitrogens with zero attached hydrogens (tertiary/aromatic N) is 6. The molecule has 4 heterocycles. The van der Waals surface area contributed by atoms with E-state index in [-0.39, 0.29) is 0 Å². The van der Waals surface area contributed by atoms with Gasteiger partial charge in [0.25, 0.3) is 0 Å². The van der Waals surface area contributed by atoms with Crippen LogP contribution in [0.2, 0.25) is 0 Å². The molecule has 1 fully saturated rings. The van der Waals surface area contributed by atoms with Crippen molar-refractivity contribution >= 4 is 11.5 Å². The van der Waals surface area contributed by atoms with E-state index in [0.717, 1.165) is 37.4 Å². The maximum atomic E-state index is 4.95. The normalized spacial score (nSPS) is 21.7. The van der Waals surface area contributed by atoms with Crippen molar-refractivity contribution in [1.82, 2.24) is 24.2 Å². The van der Waals surface area contributed by atoms with Gasteiger partial charge in [0.15, 0.2) is 0 Å². The molecule has 1 saturated heterocycles. The number of anilines is 1. The summed E-state index contributed by atoms with van der Waals surface area (Å²) >= 11 is 0. The van der Waals surface area contributed by atoms with E-state index >= 15 is 0 Å². The minimum Gasteiger partial charge on any atom is -0.356 e. The molecule has 0 radical (unpaired) electrons. The van der Waals surface area contributed by atoms with Crippen molar-refractivity contribution < 1.29 is 0 Å². The first kappa shape index (κ1) is 19.5. The predicted octanol–water partition coefficient (Wildman–Crippen LogP) is 3.38. The van der Waals surface area contributed by atoms with Crippen LogP contribution in [0.4, 0.5) is 5.82 Å². The zero-order valence-corrected chi connectivity index (χ0v) is 18.3. The van der Waals surface area contributed by atoms with E-state index in [2.05, 4.69) is 76.8 Å². The number of pyridine rings is 2. The summed E-state index contributed by atoms with van der Waals surface area (Å²) < 4.78 is 2.27. The van der Waals surface area contributed by atoms with Crippen LogP contribution < -0.4 is 4.90 Å². The Labute approximate surface area is 179 Å². The topological polar surface area (TPSA) is 39.9 Å². The minimum atomic E-state index is 0.374. The van der Waals surface area contributed by atoms with Crippen LogP contribution in [0.1, 0.15) is 42.3 Å². The molecular formula is C24H32N6. The summed E-state index contributed by atoms with van der Waals surface area (Å²) in [7, 11) is 6.57. The Hall–Kier alpha value is -2.44. The molecule has 6 nitrogen and oxygen atoms in total. The molecule has 0 N–H and O–H groups in total. The molecule has 0 amide bonds. The number of aromatic nitrogens is 3. The fourth-order valence-corrected chi connectivity index (χ4v) is 5.13. The zero-order valence-electron chi connectivity index (χ0n) is 18.3. The Balaban J connectivity index is 1.38. The van der Waals surface area contributed by atoms with Crippen LogP contribution in [-0.2, 0) is 13.0 Å². The van der Waals surface area contributed by atoms with Crippen molar-refractivity contribution in [3.05, 3.63) is 59.7 Å². The fourth-order valence-electron chi connectivity index (χ4n) is 5.13. The van der Waals surface area contributed by atoms with Crippen molar-refractivity contribution in [3.63, 3.8) is 0 Å². The van der Waals surface area contributed by atoms with Crippen molar-refractivity contribution in [2.24, 2.45) is 0 Å². The van der Waals surface area contributed by atoms with Gasteiger partial charge < -0.3 is 9.80 Å². The summed E-state index contributed by atoms with van der Waals surface area (Å²) in [5.41, 5.74) is 4.81. The third kappa shape index (κ3) is 3.59. The lowest BCUT2D eigenvalue weighted by atomic mass is 9.91. The molecule has 0 saturated carbocycles. The Morgan fingerprint density at radius 3 is 2.83 bits per heavy atom. The average Bonchev–Trinajstić information content (AvgIpc) is 3.40. The van der Waals surface area contributed by atoms with Gasteiger partial charge in [-0.15, -0.1) is 0 Å². The summed E-state index contributed by atoms with van der Waals surface area (Å²) in [5, 5.41) is 0.